The van der Waals surface area contributed by atoms with Crippen LogP contribution in [-0.4, -0.2) is 23.5 Å². The van der Waals surface area contributed by atoms with Gasteiger partial charge in [0.2, 0.25) is 0 Å². The Balaban J connectivity index is 1.70. The lowest BCUT2D eigenvalue weighted by molar-refractivity contribution is 0.0955. The van der Waals surface area contributed by atoms with E-state index >= 15 is 0 Å². The van der Waals surface area contributed by atoms with Crippen molar-refractivity contribution in [3.05, 3.63) is 70.9 Å². The number of benzene rings is 2. The van der Waals surface area contributed by atoms with E-state index in [9.17, 15) is 9.59 Å². The van der Waals surface area contributed by atoms with Gasteiger partial charge >= 0.3 is 0 Å². The van der Waals surface area contributed by atoms with Crippen LogP contribution in [0.4, 0.5) is 5.69 Å². The molecule has 1 aromatic heterocycles. The summed E-state index contributed by atoms with van der Waals surface area (Å²) in [6, 6.07) is 15.2. The first kappa shape index (κ1) is 17.7. The molecule has 3 aromatic rings. The van der Waals surface area contributed by atoms with Gasteiger partial charge in [-0.1, -0.05) is 28.9 Å². The van der Waals surface area contributed by atoms with E-state index in [2.05, 4.69) is 15.8 Å². The monoisotopic (exact) mass is 369 g/mol. The van der Waals surface area contributed by atoms with E-state index in [0.29, 0.717) is 28.6 Å². The Morgan fingerprint density at radius 1 is 1.08 bits per heavy atom. The van der Waals surface area contributed by atoms with Gasteiger partial charge in [-0.3, -0.25) is 9.59 Å². The molecule has 132 valence electrons. The quantitative estimate of drug-likeness (QED) is 0.712. The van der Waals surface area contributed by atoms with Crippen LogP contribution in [-0.2, 0) is 0 Å². The van der Waals surface area contributed by atoms with Crippen molar-refractivity contribution < 1.29 is 14.1 Å². The number of hydrogen-bond acceptors (Lipinski definition) is 4. The van der Waals surface area contributed by atoms with Crippen molar-refractivity contribution in [1.29, 1.82) is 0 Å². The average molecular weight is 370 g/mol. The molecular formula is C19H16ClN3O3. The van der Waals surface area contributed by atoms with Gasteiger partial charge in [0, 0.05) is 34.4 Å². The molecule has 26 heavy (non-hydrogen) atoms. The zero-order valence-electron chi connectivity index (χ0n) is 14.0. The number of carbonyl (C=O) groups is 2. The number of aromatic nitrogens is 1. The van der Waals surface area contributed by atoms with Gasteiger partial charge in [-0.05, 0) is 43.3 Å². The standard InChI is InChI=1S/C19H16ClN3O3/c1-2-21-18(24)12-6-8-15(9-7-12)22-19(25)16-11-17(26-23-16)13-4-3-5-14(20)10-13/h3-11H,2H2,1H3,(H,21,24)(H,22,25). The van der Waals surface area contributed by atoms with Gasteiger partial charge in [-0.25, -0.2) is 0 Å². The number of nitrogens with zero attached hydrogens (tertiary/aromatic N) is 1. The Kier molecular flexibility index (Phi) is 5.34. The molecule has 0 aliphatic carbocycles. The Labute approximate surface area is 155 Å². The minimum absolute atomic E-state index is 0.146. The summed E-state index contributed by atoms with van der Waals surface area (Å²) in [5.41, 5.74) is 1.95. The lowest BCUT2D eigenvalue weighted by Crippen LogP contribution is -2.22. The molecule has 3 rings (SSSR count). The summed E-state index contributed by atoms with van der Waals surface area (Å²) in [4.78, 5) is 24.0. The SMILES string of the molecule is CCNC(=O)c1ccc(NC(=O)c2cc(-c3cccc(Cl)c3)on2)cc1. The highest BCUT2D eigenvalue weighted by Gasteiger charge is 2.14. The van der Waals surface area contributed by atoms with Gasteiger partial charge in [0.15, 0.2) is 11.5 Å². The summed E-state index contributed by atoms with van der Waals surface area (Å²) in [5.74, 6) is -0.120. The molecule has 1 heterocycles. The Hall–Kier alpha value is -3.12. The first-order chi connectivity index (χ1) is 12.6. The third-order valence-corrected chi connectivity index (χ3v) is 3.83. The highest BCUT2D eigenvalue weighted by Crippen LogP contribution is 2.23. The van der Waals surface area contributed by atoms with Crippen LogP contribution in [0.2, 0.25) is 5.02 Å². The first-order valence-electron chi connectivity index (χ1n) is 7.99. The van der Waals surface area contributed by atoms with Crippen molar-refractivity contribution in [3.63, 3.8) is 0 Å². The lowest BCUT2D eigenvalue weighted by atomic mass is 10.1. The van der Waals surface area contributed by atoms with Crippen LogP contribution in [0.1, 0.15) is 27.8 Å². The molecule has 0 radical (unpaired) electrons. The molecule has 6 nitrogen and oxygen atoms in total. The number of carbonyl (C=O) groups excluding carboxylic acids is 2. The van der Waals surface area contributed by atoms with Crippen molar-refractivity contribution in [1.82, 2.24) is 10.5 Å². The zero-order valence-corrected chi connectivity index (χ0v) is 14.7. The second-order valence-corrected chi connectivity index (χ2v) is 5.91. The highest BCUT2D eigenvalue weighted by molar-refractivity contribution is 6.30. The second kappa shape index (κ2) is 7.84. The van der Waals surface area contributed by atoms with Crippen LogP contribution in [0.5, 0.6) is 0 Å². The molecule has 0 atom stereocenters. The molecule has 0 aliphatic heterocycles. The summed E-state index contributed by atoms with van der Waals surface area (Å²) in [7, 11) is 0. The largest absolute Gasteiger partial charge is 0.355 e. The van der Waals surface area contributed by atoms with Crippen molar-refractivity contribution in [2.45, 2.75) is 6.92 Å². The average Bonchev–Trinajstić information content (AvgIpc) is 3.13. The maximum absolute atomic E-state index is 12.3. The minimum Gasteiger partial charge on any atom is -0.355 e. The molecule has 0 spiro atoms. The fraction of sp³-hybridized carbons (Fsp3) is 0.105. The summed E-state index contributed by atoms with van der Waals surface area (Å²) < 4.78 is 5.22. The van der Waals surface area contributed by atoms with Gasteiger partial charge in [0.1, 0.15) is 0 Å². The highest BCUT2D eigenvalue weighted by atomic mass is 35.5. The van der Waals surface area contributed by atoms with Crippen molar-refractivity contribution in [2.24, 2.45) is 0 Å². The molecule has 0 aliphatic rings. The van der Waals surface area contributed by atoms with Crippen molar-refractivity contribution in [2.75, 3.05) is 11.9 Å². The van der Waals surface area contributed by atoms with Gasteiger partial charge in [0.25, 0.3) is 11.8 Å². The molecule has 2 aromatic carbocycles. The molecule has 2 amide bonds. The molecule has 0 unspecified atom stereocenters. The topological polar surface area (TPSA) is 84.2 Å². The molecule has 0 bridgehead atoms. The Bertz CT molecular complexity index is 935. The van der Waals surface area contributed by atoms with E-state index in [4.69, 9.17) is 16.1 Å². The van der Waals surface area contributed by atoms with Gasteiger partial charge in [-0.15, -0.1) is 0 Å². The predicted octanol–water partition coefficient (Wildman–Crippen LogP) is 4.00. The van der Waals surface area contributed by atoms with Crippen molar-refractivity contribution >= 4 is 29.1 Å². The number of halogens is 1. The predicted molar refractivity (Wildman–Crippen MR) is 99.4 cm³/mol. The number of nitrogens with one attached hydrogen (secondary N) is 2. The van der Waals surface area contributed by atoms with E-state index in [1.54, 1.807) is 48.5 Å². The number of rotatable bonds is 5. The third-order valence-electron chi connectivity index (χ3n) is 3.59. The molecule has 2 N–H and O–H groups in total. The smallest absolute Gasteiger partial charge is 0.277 e. The van der Waals surface area contributed by atoms with E-state index in [0.717, 1.165) is 5.56 Å². The van der Waals surface area contributed by atoms with Crippen LogP contribution in [0.25, 0.3) is 11.3 Å². The molecule has 7 heteroatoms. The van der Waals surface area contributed by atoms with Crippen LogP contribution in [0.15, 0.2) is 59.1 Å². The van der Waals surface area contributed by atoms with E-state index < -0.39 is 5.91 Å². The normalized spacial score (nSPS) is 10.4. The number of hydrogen-bond donors (Lipinski definition) is 2. The van der Waals surface area contributed by atoms with Crippen LogP contribution >= 0.6 is 11.6 Å². The Morgan fingerprint density at radius 3 is 2.54 bits per heavy atom. The third kappa shape index (κ3) is 4.10. The van der Waals surface area contributed by atoms with Gasteiger partial charge < -0.3 is 15.2 Å². The van der Waals surface area contributed by atoms with Crippen LogP contribution < -0.4 is 10.6 Å². The fourth-order valence-corrected chi connectivity index (χ4v) is 2.51. The molecule has 0 fully saturated rings. The minimum atomic E-state index is -0.409. The van der Waals surface area contributed by atoms with E-state index in [-0.39, 0.29) is 11.6 Å². The lowest BCUT2D eigenvalue weighted by Gasteiger charge is -2.05. The summed E-state index contributed by atoms with van der Waals surface area (Å²) in [6.45, 7) is 2.40. The summed E-state index contributed by atoms with van der Waals surface area (Å²) >= 11 is 5.96. The van der Waals surface area contributed by atoms with Gasteiger partial charge in [0.05, 0.1) is 0 Å². The second-order valence-electron chi connectivity index (χ2n) is 5.48. The fourth-order valence-electron chi connectivity index (χ4n) is 2.32. The first-order valence-corrected chi connectivity index (χ1v) is 8.37. The summed E-state index contributed by atoms with van der Waals surface area (Å²) in [6.07, 6.45) is 0. The van der Waals surface area contributed by atoms with Crippen LogP contribution in [0.3, 0.4) is 0 Å². The van der Waals surface area contributed by atoms with Crippen LogP contribution in [0, 0.1) is 0 Å². The molecule has 0 saturated heterocycles. The van der Waals surface area contributed by atoms with Gasteiger partial charge in [-0.2, -0.15) is 0 Å². The van der Waals surface area contributed by atoms with E-state index in [1.165, 1.54) is 0 Å². The maximum Gasteiger partial charge on any atom is 0.277 e. The molecule has 0 saturated carbocycles. The summed E-state index contributed by atoms with van der Waals surface area (Å²) in [5, 5.41) is 9.79. The maximum atomic E-state index is 12.3. The number of amides is 2. The zero-order chi connectivity index (χ0) is 18.5. The van der Waals surface area contributed by atoms with E-state index in [1.807, 2.05) is 13.0 Å². The molecular weight excluding hydrogens is 354 g/mol. The number of anilines is 1. The van der Waals surface area contributed by atoms with Crippen molar-refractivity contribution in [3.8, 4) is 11.3 Å². The Morgan fingerprint density at radius 2 is 1.85 bits per heavy atom.